The first kappa shape index (κ1) is 14.6. The first-order valence-corrected chi connectivity index (χ1v) is 7.23. The van der Waals surface area contributed by atoms with Crippen LogP contribution in [0.15, 0.2) is 30.6 Å². The van der Waals surface area contributed by atoms with Gasteiger partial charge in [0.15, 0.2) is 5.75 Å². The van der Waals surface area contributed by atoms with Crippen molar-refractivity contribution in [3.8, 4) is 11.5 Å². The van der Waals surface area contributed by atoms with Gasteiger partial charge in [-0.2, -0.15) is 5.10 Å². The molecule has 0 aliphatic rings. The van der Waals surface area contributed by atoms with Crippen LogP contribution in [0.5, 0.6) is 11.5 Å². The van der Waals surface area contributed by atoms with Crippen LogP contribution in [0.4, 0.5) is 0 Å². The van der Waals surface area contributed by atoms with E-state index in [0.29, 0.717) is 0 Å². The van der Waals surface area contributed by atoms with E-state index < -0.39 is 0 Å². The Kier molecular flexibility index (Phi) is 5.18. The van der Waals surface area contributed by atoms with Crippen molar-refractivity contribution in [2.24, 2.45) is 0 Å². The molecule has 0 radical (unpaired) electrons. The normalized spacial score (nSPS) is 10.8. The molecule has 2 rings (SSSR count). The summed E-state index contributed by atoms with van der Waals surface area (Å²) in [6.45, 7) is 9.16. The second-order valence-electron chi connectivity index (χ2n) is 4.90. The third kappa shape index (κ3) is 3.84. The molecule has 108 valence electrons. The molecule has 20 heavy (non-hydrogen) atoms. The van der Waals surface area contributed by atoms with Crippen LogP contribution in [0.1, 0.15) is 31.4 Å². The molecule has 4 nitrogen and oxygen atoms in total. The Morgan fingerprint density at radius 1 is 1.25 bits per heavy atom. The maximum Gasteiger partial charge on any atom is 0.165 e. The molecule has 0 unspecified atom stereocenters. The molecular weight excluding hydrogens is 250 g/mol. The maximum absolute atomic E-state index is 5.82. The van der Waals surface area contributed by atoms with Gasteiger partial charge in [0.05, 0.1) is 12.4 Å². The van der Waals surface area contributed by atoms with Gasteiger partial charge in [-0.3, -0.25) is 4.68 Å². The second kappa shape index (κ2) is 7.10. The number of ether oxygens (including phenoxy) is 1. The van der Waals surface area contributed by atoms with Gasteiger partial charge in [0.25, 0.3) is 0 Å². The Labute approximate surface area is 120 Å². The number of hydrogen-bond donors (Lipinski definition) is 1. The van der Waals surface area contributed by atoms with Crippen molar-refractivity contribution < 1.29 is 4.74 Å². The zero-order valence-corrected chi connectivity index (χ0v) is 12.5. The number of nitrogens with one attached hydrogen (secondary N) is 1. The maximum atomic E-state index is 5.82. The van der Waals surface area contributed by atoms with Gasteiger partial charge in [0.2, 0.25) is 0 Å². The highest BCUT2D eigenvalue weighted by molar-refractivity contribution is 5.37. The Morgan fingerprint density at radius 3 is 2.75 bits per heavy atom. The summed E-state index contributed by atoms with van der Waals surface area (Å²) in [7, 11) is 0. The van der Waals surface area contributed by atoms with Crippen molar-refractivity contribution in [3.05, 3.63) is 41.7 Å². The fraction of sp³-hybridized carbons (Fsp3) is 0.438. The van der Waals surface area contributed by atoms with Gasteiger partial charge in [-0.05, 0) is 50.1 Å². The van der Waals surface area contributed by atoms with Crippen molar-refractivity contribution in [1.29, 1.82) is 0 Å². The topological polar surface area (TPSA) is 39.1 Å². The van der Waals surface area contributed by atoms with Gasteiger partial charge in [0, 0.05) is 13.1 Å². The minimum atomic E-state index is 0.781. The van der Waals surface area contributed by atoms with Crippen molar-refractivity contribution in [2.75, 3.05) is 6.54 Å². The van der Waals surface area contributed by atoms with Gasteiger partial charge in [-0.25, -0.2) is 0 Å². The van der Waals surface area contributed by atoms with Crippen LogP contribution in [-0.4, -0.2) is 16.3 Å². The molecule has 0 amide bonds. The van der Waals surface area contributed by atoms with Crippen LogP contribution in [-0.2, 0) is 13.1 Å². The van der Waals surface area contributed by atoms with E-state index in [1.54, 1.807) is 6.20 Å². The van der Waals surface area contributed by atoms with Gasteiger partial charge in [-0.15, -0.1) is 0 Å². The molecule has 0 saturated heterocycles. The number of rotatable bonds is 7. The number of aromatic nitrogens is 2. The molecule has 0 bridgehead atoms. The van der Waals surface area contributed by atoms with Crippen molar-refractivity contribution in [3.63, 3.8) is 0 Å². The van der Waals surface area contributed by atoms with E-state index in [4.69, 9.17) is 4.74 Å². The summed E-state index contributed by atoms with van der Waals surface area (Å²) in [5, 5.41) is 7.62. The molecule has 1 heterocycles. The summed E-state index contributed by atoms with van der Waals surface area (Å²) in [6, 6.07) is 6.21. The molecule has 1 aromatic carbocycles. The summed E-state index contributed by atoms with van der Waals surface area (Å²) in [4.78, 5) is 0. The Hall–Kier alpha value is -1.81. The molecule has 2 aromatic rings. The first-order valence-electron chi connectivity index (χ1n) is 7.23. The third-order valence-electron chi connectivity index (χ3n) is 3.23. The Morgan fingerprint density at radius 2 is 2.10 bits per heavy atom. The first-order chi connectivity index (χ1) is 9.72. The van der Waals surface area contributed by atoms with Crippen molar-refractivity contribution >= 4 is 0 Å². The molecule has 1 N–H and O–H groups in total. The zero-order chi connectivity index (χ0) is 14.4. The Balaban J connectivity index is 2.01. The zero-order valence-electron chi connectivity index (χ0n) is 12.5. The standard InChI is InChI=1S/C16H23N3O/c1-4-8-17-10-14-6-7-15(9-13(14)3)20-16-11-18-19(5-2)12-16/h6-7,9,11-12,17H,4-5,8,10H2,1-3H3. The fourth-order valence-electron chi connectivity index (χ4n) is 2.04. The largest absolute Gasteiger partial charge is 0.454 e. The molecule has 1 aromatic heterocycles. The Bertz CT molecular complexity index is 548. The monoisotopic (exact) mass is 273 g/mol. The SMILES string of the molecule is CCCNCc1ccc(Oc2cnn(CC)c2)cc1C. The molecule has 0 spiro atoms. The number of benzene rings is 1. The molecule has 4 heteroatoms. The molecular formula is C16H23N3O. The smallest absolute Gasteiger partial charge is 0.165 e. The summed E-state index contributed by atoms with van der Waals surface area (Å²) in [5.74, 6) is 1.64. The highest BCUT2D eigenvalue weighted by atomic mass is 16.5. The van der Waals surface area contributed by atoms with Crippen LogP contribution in [0.25, 0.3) is 0 Å². The van der Waals surface area contributed by atoms with Crippen LogP contribution < -0.4 is 10.1 Å². The van der Waals surface area contributed by atoms with E-state index in [1.807, 2.05) is 16.9 Å². The van der Waals surface area contributed by atoms with Crippen LogP contribution >= 0.6 is 0 Å². The molecule has 0 aliphatic heterocycles. The quantitative estimate of drug-likeness (QED) is 0.785. The van der Waals surface area contributed by atoms with Crippen LogP contribution in [0.2, 0.25) is 0 Å². The molecule has 0 aliphatic carbocycles. The molecule has 0 atom stereocenters. The van der Waals surface area contributed by atoms with Crippen molar-refractivity contribution in [1.82, 2.24) is 15.1 Å². The predicted octanol–water partition coefficient (Wildman–Crippen LogP) is 3.50. The van der Waals surface area contributed by atoms with Gasteiger partial charge < -0.3 is 10.1 Å². The van der Waals surface area contributed by atoms with E-state index in [9.17, 15) is 0 Å². The van der Waals surface area contributed by atoms with E-state index in [0.717, 1.165) is 37.6 Å². The lowest BCUT2D eigenvalue weighted by Crippen LogP contribution is -2.14. The predicted molar refractivity (Wildman–Crippen MR) is 81.2 cm³/mol. The number of hydrogen-bond acceptors (Lipinski definition) is 3. The second-order valence-corrected chi connectivity index (χ2v) is 4.90. The minimum absolute atomic E-state index is 0.781. The fourth-order valence-corrected chi connectivity index (χ4v) is 2.04. The van der Waals surface area contributed by atoms with Crippen molar-refractivity contribution in [2.45, 2.75) is 40.3 Å². The van der Waals surface area contributed by atoms with Gasteiger partial charge in [0.1, 0.15) is 5.75 Å². The van der Waals surface area contributed by atoms with E-state index in [1.165, 1.54) is 11.1 Å². The minimum Gasteiger partial charge on any atom is -0.454 e. The number of aryl methyl sites for hydroxylation is 2. The summed E-state index contributed by atoms with van der Waals surface area (Å²) < 4.78 is 7.67. The van der Waals surface area contributed by atoms with E-state index in [2.05, 4.69) is 43.3 Å². The number of nitrogens with zero attached hydrogens (tertiary/aromatic N) is 2. The summed E-state index contributed by atoms with van der Waals surface area (Å²) in [6.07, 6.45) is 4.81. The van der Waals surface area contributed by atoms with E-state index >= 15 is 0 Å². The lowest BCUT2D eigenvalue weighted by Gasteiger charge is -2.09. The lowest BCUT2D eigenvalue weighted by molar-refractivity contribution is 0.480. The average molecular weight is 273 g/mol. The van der Waals surface area contributed by atoms with Gasteiger partial charge in [-0.1, -0.05) is 13.0 Å². The van der Waals surface area contributed by atoms with Crippen LogP contribution in [0, 0.1) is 6.92 Å². The highest BCUT2D eigenvalue weighted by Crippen LogP contribution is 2.23. The molecule has 0 fully saturated rings. The van der Waals surface area contributed by atoms with Gasteiger partial charge >= 0.3 is 0 Å². The average Bonchev–Trinajstić information content (AvgIpc) is 2.89. The summed E-state index contributed by atoms with van der Waals surface area (Å²) >= 11 is 0. The molecule has 0 saturated carbocycles. The third-order valence-corrected chi connectivity index (χ3v) is 3.23. The van der Waals surface area contributed by atoms with Crippen LogP contribution in [0.3, 0.4) is 0 Å². The highest BCUT2D eigenvalue weighted by Gasteiger charge is 2.04. The lowest BCUT2D eigenvalue weighted by atomic mass is 10.1. The van der Waals surface area contributed by atoms with E-state index in [-0.39, 0.29) is 0 Å². The summed E-state index contributed by atoms with van der Waals surface area (Å²) in [5.41, 5.74) is 2.56.